The fraction of sp³-hybridized carbons (Fsp3) is 0.889. The van der Waals surface area contributed by atoms with Crippen molar-refractivity contribution in [1.82, 2.24) is 5.32 Å². The van der Waals surface area contributed by atoms with E-state index in [0.717, 1.165) is 26.0 Å². The summed E-state index contributed by atoms with van der Waals surface area (Å²) in [6, 6.07) is 0.502. The molecule has 2 aliphatic rings. The molecule has 3 heteroatoms. The van der Waals surface area contributed by atoms with Gasteiger partial charge in [0.25, 0.3) is 0 Å². The molecule has 0 aliphatic carbocycles. The summed E-state index contributed by atoms with van der Waals surface area (Å²) in [4.78, 5) is 4.38. The third kappa shape index (κ3) is 1.61. The van der Waals surface area contributed by atoms with Gasteiger partial charge in [-0.3, -0.25) is 4.99 Å². The molecule has 3 nitrogen and oxygen atoms in total. The van der Waals surface area contributed by atoms with Gasteiger partial charge < -0.3 is 10.1 Å². The molecule has 1 saturated heterocycles. The number of nitrogens with one attached hydrogen (secondary N) is 1. The molecule has 0 saturated carbocycles. The Balaban J connectivity index is 1.85. The fourth-order valence-corrected chi connectivity index (χ4v) is 1.79. The van der Waals surface area contributed by atoms with Crippen LogP contribution >= 0.6 is 0 Å². The van der Waals surface area contributed by atoms with Crippen LogP contribution in [0.1, 0.15) is 26.2 Å². The van der Waals surface area contributed by atoms with Crippen molar-refractivity contribution >= 4 is 5.84 Å². The number of ether oxygens (including phenoxy) is 1. The SMILES string of the molecule is CC1OCCC1NC1=NCCC1. The van der Waals surface area contributed by atoms with E-state index < -0.39 is 0 Å². The number of nitrogens with zero attached hydrogens (tertiary/aromatic N) is 1. The second kappa shape index (κ2) is 3.44. The van der Waals surface area contributed by atoms with E-state index in [1.807, 2.05) is 0 Å². The lowest BCUT2D eigenvalue weighted by atomic mass is 10.1. The van der Waals surface area contributed by atoms with Crippen LogP contribution in [-0.4, -0.2) is 31.1 Å². The third-order valence-electron chi connectivity index (χ3n) is 2.60. The summed E-state index contributed by atoms with van der Waals surface area (Å²) >= 11 is 0. The van der Waals surface area contributed by atoms with Crippen molar-refractivity contribution in [2.75, 3.05) is 13.2 Å². The average molecular weight is 168 g/mol. The van der Waals surface area contributed by atoms with Crippen molar-refractivity contribution in [2.24, 2.45) is 4.99 Å². The third-order valence-corrected chi connectivity index (χ3v) is 2.60. The first-order chi connectivity index (χ1) is 5.86. The Morgan fingerprint density at radius 2 is 2.50 bits per heavy atom. The highest BCUT2D eigenvalue weighted by molar-refractivity contribution is 5.83. The van der Waals surface area contributed by atoms with E-state index in [1.54, 1.807) is 0 Å². The zero-order valence-corrected chi connectivity index (χ0v) is 7.55. The van der Waals surface area contributed by atoms with Gasteiger partial charge in [-0.1, -0.05) is 0 Å². The zero-order valence-electron chi connectivity index (χ0n) is 7.55. The standard InChI is InChI=1S/C9H16N2O/c1-7-8(4-6-12-7)11-9-3-2-5-10-9/h7-8H,2-6H2,1H3,(H,10,11). The molecule has 2 unspecified atom stereocenters. The van der Waals surface area contributed by atoms with E-state index in [2.05, 4.69) is 17.2 Å². The highest BCUT2D eigenvalue weighted by atomic mass is 16.5. The molecule has 0 amide bonds. The maximum absolute atomic E-state index is 5.46. The van der Waals surface area contributed by atoms with Crippen LogP contribution < -0.4 is 5.32 Å². The maximum Gasteiger partial charge on any atom is 0.0966 e. The second-order valence-corrected chi connectivity index (χ2v) is 3.55. The molecule has 0 aromatic rings. The monoisotopic (exact) mass is 168 g/mol. The van der Waals surface area contributed by atoms with E-state index >= 15 is 0 Å². The number of amidine groups is 1. The van der Waals surface area contributed by atoms with Crippen molar-refractivity contribution in [3.05, 3.63) is 0 Å². The van der Waals surface area contributed by atoms with Crippen molar-refractivity contribution in [2.45, 2.75) is 38.3 Å². The summed E-state index contributed by atoms with van der Waals surface area (Å²) in [5.41, 5.74) is 0. The second-order valence-electron chi connectivity index (χ2n) is 3.55. The lowest BCUT2D eigenvalue weighted by Gasteiger charge is -2.16. The van der Waals surface area contributed by atoms with Crippen molar-refractivity contribution in [3.63, 3.8) is 0 Å². The summed E-state index contributed by atoms with van der Waals surface area (Å²) in [7, 11) is 0. The van der Waals surface area contributed by atoms with Gasteiger partial charge in [-0.2, -0.15) is 0 Å². The molecule has 1 N–H and O–H groups in total. The molecule has 0 aromatic carbocycles. The number of aliphatic imine (C=N–C) groups is 1. The van der Waals surface area contributed by atoms with Crippen molar-refractivity contribution in [1.29, 1.82) is 0 Å². The topological polar surface area (TPSA) is 33.6 Å². The van der Waals surface area contributed by atoms with Gasteiger partial charge in [-0.05, 0) is 19.8 Å². The Kier molecular flexibility index (Phi) is 2.30. The van der Waals surface area contributed by atoms with Gasteiger partial charge in [0.15, 0.2) is 0 Å². The lowest BCUT2D eigenvalue weighted by Crippen LogP contribution is -2.38. The predicted octanol–water partition coefficient (Wildman–Crippen LogP) is 0.946. The Morgan fingerprint density at radius 3 is 3.08 bits per heavy atom. The fourth-order valence-electron chi connectivity index (χ4n) is 1.79. The van der Waals surface area contributed by atoms with E-state index in [0.29, 0.717) is 12.1 Å². The minimum absolute atomic E-state index is 0.355. The van der Waals surface area contributed by atoms with Crippen LogP contribution in [0.15, 0.2) is 4.99 Å². The van der Waals surface area contributed by atoms with Gasteiger partial charge in [0.1, 0.15) is 0 Å². The number of rotatable bonds is 1. The van der Waals surface area contributed by atoms with Crippen LogP contribution in [0.25, 0.3) is 0 Å². The molecule has 2 rings (SSSR count). The van der Waals surface area contributed by atoms with Crippen molar-refractivity contribution < 1.29 is 4.74 Å². The molecular formula is C9H16N2O. The summed E-state index contributed by atoms with van der Waals surface area (Å²) in [6.07, 6.45) is 3.82. The maximum atomic E-state index is 5.46. The predicted molar refractivity (Wildman–Crippen MR) is 48.5 cm³/mol. The molecule has 0 bridgehead atoms. The molecule has 1 fully saturated rings. The first-order valence-electron chi connectivity index (χ1n) is 4.78. The Morgan fingerprint density at radius 1 is 1.58 bits per heavy atom. The van der Waals surface area contributed by atoms with Gasteiger partial charge in [0.05, 0.1) is 18.0 Å². The first-order valence-corrected chi connectivity index (χ1v) is 4.78. The summed E-state index contributed by atoms with van der Waals surface area (Å²) in [5.74, 6) is 1.19. The normalized spacial score (nSPS) is 35.2. The molecule has 2 heterocycles. The quantitative estimate of drug-likeness (QED) is 0.632. The van der Waals surface area contributed by atoms with Crippen LogP contribution in [-0.2, 0) is 4.74 Å². The van der Waals surface area contributed by atoms with Gasteiger partial charge in [-0.15, -0.1) is 0 Å². The average Bonchev–Trinajstić information content (AvgIpc) is 2.65. The minimum atomic E-state index is 0.355. The van der Waals surface area contributed by atoms with E-state index in [4.69, 9.17) is 4.74 Å². The lowest BCUT2D eigenvalue weighted by molar-refractivity contribution is 0.116. The van der Waals surface area contributed by atoms with Gasteiger partial charge in [0.2, 0.25) is 0 Å². The molecule has 0 radical (unpaired) electrons. The molecule has 2 atom stereocenters. The minimum Gasteiger partial charge on any atom is -0.376 e. The largest absolute Gasteiger partial charge is 0.376 e. The first kappa shape index (κ1) is 8.05. The molecule has 68 valence electrons. The molecule has 12 heavy (non-hydrogen) atoms. The molecule has 2 aliphatic heterocycles. The Hall–Kier alpha value is -0.570. The van der Waals surface area contributed by atoms with Crippen LogP contribution in [0, 0.1) is 0 Å². The van der Waals surface area contributed by atoms with E-state index in [9.17, 15) is 0 Å². The van der Waals surface area contributed by atoms with E-state index in [1.165, 1.54) is 12.3 Å². The van der Waals surface area contributed by atoms with Crippen molar-refractivity contribution in [3.8, 4) is 0 Å². The van der Waals surface area contributed by atoms with Gasteiger partial charge in [0, 0.05) is 19.6 Å². The molecular weight excluding hydrogens is 152 g/mol. The van der Waals surface area contributed by atoms with E-state index in [-0.39, 0.29) is 0 Å². The molecule has 0 aromatic heterocycles. The summed E-state index contributed by atoms with van der Waals surface area (Å²) in [6.45, 7) is 4.02. The van der Waals surface area contributed by atoms with Crippen LogP contribution in [0.2, 0.25) is 0 Å². The Bertz CT molecular complexity index is 191. The summed E-state index contributed by atoms with van der Waals surface area (Å²) in [5, 5.41) is 3.45. The number of hydrogen-bond donors (Lipinski definition) is 1. The number of hydrogen-bond acceptors (Lipinski definition) is 3. The van der Waals surface area contributed by atoms with Gasteiger partial charge in [-0.25, -0.2) is 0 Å². The van der Waals surface area contributed by atoms with Gasteiger partial charge >= 0.3 is 0 Å². The highest BCUT2D eigenvalue weighted by Crippen LogP contribution is 2.14. The molecule has 0 spiro atoms. The van der Waals surface area contributed by atoms with Crippen LogP contribution in [0.5, 0.6) is 0 Å². The smallest absolute Gasteiger partial charge is 0.0966 e. The Labute approximate surface area is 73.2 Å². The van der Waals surface area contributed by atoms with Crippen LogP contribution in [0.4, 0.5) is 0 Å². The van der Waals surface area contributed by atoms with Crippen LogP contribution in [0.3, 0.4) is 0 Å². The zero-order chi connectivity index (χ0) is 8.39. The highest BCUT2D eigenvalue weighted by Gasteiger charge is 2.25. The summed E-state index contributed by atoms with van der Waals surface area (Å²) < 4.78 is 5.46.